The molecule has 2 N–H and O–H groups in total. The lowest BCUT2D eigenvalue weighted by molar-refractivity contribution is -0.128. The standard InChI is InChI=1S/C26H27ClN2O2S/c27-20-10-4-2-7-17(20)15-24-26(31)29-22-14-18(12-13-23(22)32-24)25(30)28-21-11-5-8-16-6-1-3-9-19(16)21/h1-4,6-7,9-10,15,18,21-23H,5,8,11-14H2,(H,28,30)(H,29,31)/b24-15+. The highest BCUT2D eigenvalue weighted by molar-refractivity contribution is 8.04. The molecule has 32 heavy (non-hydrogen) atoms. The molecule has 1 saturated heterocycles. The van der Waals surface area contributed by atoms with Gasteiger partial charge in [0.25, 0.3) is 5.91 Å². The number of nitrogens with one attached hydrogen (secondary N) is 2. The molecule has 4 unspecified atom stereocenters. The molecular weight excluding hydrogens is 440 g/mol. The molecule has 5 rings (SSSR count). The van der Waals surface area contributed by atoms with E-state index in [9.17, 15) is 9.59 Å². The van der Waals surface area contributed by atoms with Crippen molar-refractivity contribution < 1.29 is 9.59 Å². The van der Waals surface area contributed by atoms with Crippen molar-refractivity contribution in [3.8, 4) is 0 Å². The first-order valence-corrected chi connectivity index (χ1v) is 12.7. The summed E-state index contributed by atoms with van der Waals surface area (Å²) in [6.07, 6.45) is 7.51. The van der Waals surface area contributed by atoms with E-state index in [4.69, 9.17) is 11.6 Å². The molecule has 4 nitrogen and oxygen atoms in total. The number of aryl methyl sites for hydroxylation is 1. The molecule has 1 saturated carbocycles. The molecule has 0 radical (unpaired) electrons. The Morgan fingerprint density at radius 2 is 1.91 bits per heavy atom. The summed E-state index contributed by atoms with van der Waals surface area (Å²) in [4.78, 5) is 26.6. The van der Waals surface area contributed by atoms with Gasteiger partial charge in [-0.2, -0.15) is 0 Å². The Morgan fingerprint density at radius 1 is 1.09 bits per heavy atom. The fraction of sp³-hybridized carbons (Fsp3) is 0.385. The largest absolute Gasteiger partial charge is 0.349 e. The van der Waals surface area contributed by atoms with E-state index in [0.29, 0.717) is 21.6 Å². The van der Waals surface area contributed by atoms with E-state index in [1.165, 1.54) is 11.1 Å². The van der Waals surface area contributed by atoms with Crippen LogP contribution in [0.15, 0.2) is 53.4 Å². The van der Waals surface area contributed by atoms with Crippen LogP contribution in [0.3, 0.4) is 0 Å². The van der Waals surface area contributed by atoms with Gasteiger partial charge in [-0.1, -0.05) is 54.1 Å². The molecule has 2 aliphatic carbocycles. The van der Waals surface area contributed by atoms with Crippen molar-refractivity contribution in [2.75, 3.05) is 0 Å². The maximum atomic E-state index is 13.1. The number of amides is 2. The molecule has 1 aliphatic heterocycles. The van der Waals surface area contributed by atoms with Crippen LogP contribution in [0.5, 0.6) is 0 Å². The Hall–Kier alpha value is -2.24. The summed E-state index contributed by atoms with van der Waals surface area (Å²) in [7, 11) is 0. The van der Waals surface area contributed by atoms with Crippen LogP contribution in [-0.2, 0) is 16.0 Å². The van der Waals surface area contributed by atoms with Gasteiger partial charge in [-0.05, 0) is 67.4 Å². The average Bonchev–Trinajstić information content (AvgIpc) is 2.81. The molecule has 3 aliphatic rings. The molecular formula is C26H27ClN2O2S. The smallest absolute Gasteiger partial charge is 0.257 e. The lowest BCUT2D eigenvalue weighted by Gasteiger charge is -2.39. The van der Waals surface area contributed by atoms with E-state index in [1.807, 2.05) is 30.3 Å². The molecule has 166 valence electrons. The summed E-state index contributed by atoms with van der Waals surface area (Å²) in [5, 5.41) is 7.41. The molecule has 0 spiro atoms. The van der Waals surface area contributed by atoms with Crippen LogP contribution in [0.4, 0.5) is 0 Å². The van der Waals surface area contributed by atoms with Gasteiger partial charge in [-0.25, -0.2) is 0 Å². The van der Waals surface area contributed by atoms with E-state index in [-0.39, 0.29) is 29.8 Å². The first kappa shape index (κ1) is 21.6. The third-order valence-electron chi connectivity index (χ3n) is 6.85. The number of hydrogen-bond acceptors (Lipinski definition) is 3. The summed E-state index contributed by atoms with van der Waals surface area (Å²) in [5.74, 6) is 0.000537. The van der Waals surface area contributed by atoms with Crippen LogP contribution < -0.4 is 10.6 Å². The van der Waals surface area contributed by atoms with Crippen LogP contribution >= 0.6 is 23.4 Å². The number of halogens is 1. The van der Waals surface area contributed by atoms with E-state index >= 15 is 0 Å². The van der Waals surface area contributed by atoms with Gasteiger partial charge in [0.1, 0.15) is 0 Å². The SMILES string of the molecule is O=C1NC2CC(C(=O)NC3CCCc4ccccc43)CCC2S/C1=C/c1ccccc1Cl. The van der Waals surface area contributed by atoms with Crippen molar-refractivity contribution in [3.05, 3.63) is 75.1 Å². The average molecular weight is 467 g/mol. The summed E-state index contributed by atoms with van der Waals surface area (Å²) < 4.78 is 0. The maximum absolute atomic E-state index is 13.1. The predicted octanol–water partition coefficient (Wildman–Crippen LogP) is 5.28. The topological polar surface area (TPSA) is 58.2 Å². The molecule has 2 aromatic rings. The molecule has 2 aromatic carbocycles. The number of benzene rings is 2. The van der Waals surface area contributed by atoms with E-state index in [1.54, 1.807) is 11.8 Å². The third-order valence-corrected chi connectivity index (χ3v) is 8.62. The van der Waals surface area contributed by atoms with Crippen molar-refractivity contribution in [3.63, 3.8) is 0 Å². The van der Waals surface area contributed by atoms with E-state index in [0.717, 1.165) is 37.7 Å². The Bertz CT molecular complexity index is 1070. The number of hydrogen-bond donors (Lipinski definition) is 2. The minimum atomic E-state index is -0.0709. The Labute approximate surface area is 198 Å². The highest BCUT2D eigenvalue weighted by Gasteiger charge is 2.40. The summed E-state index contributed by atoms with van der Waals surface area (Å²) >= 11 is 7.89. The summed E-state index contributed by atoms with van der Waals surface area (Å²) in [5.41, 5.74) is 3.46. The second kappa shape index (κ2) is 9.32. The number of rotatable bonds is 3. The predicted molar refractivity (Wildman–Crippen MR) is 130 cm³/mol. The van der Waals surface area contributed by atoms with Crippen LogP contribution in [0, 0.1) is 5.92 Å². The minimum absolute atomic E-state index is 0.0269. The second-order valence-electron chi connectivity index (χ2n) is 8.93. The first-order chi connectivity index (χ1) is 15.6. The van der Waals surface area contributed by atoms with Crippen LogP contribution in [0.25, 0.3) is 6.08 Å². The lowest BCUT2D eigenvalue weighted by Crippen LogP contribution is -2.51. The van der Waals surface area contributed by atoms with Gasteiger partial charge >= 0.3 is 0 Å². The highest BCUT2D eigenvalue weighted by atomic mass is 35.5. The van der Waals surface area contributed by atoms with Crippen molar-refractivity contribution in [2.45, 2.75) is 55.9 Å². The number of thioether (sulfide) groups is 1. The number of carbonyl (C=O) groups excluding carboxylic acids is 2. The zero-order valence-corrected chi connectivity index (χ0v) is 19.4. The maximum Gasteiger partial charge on any atom is 0.257 e. The van der Waals surface area contributed by atoms with E-state index < -0.39 is 0 Å². The van der Waals surface area contributed by atoms with Crippen molar-refractivity contribution in [1.29, 1.82) is 0 Å². The summed E-state index contributed by atoms with van der Waals surface area (Å²) in [6, 6.07) is 16.1. The Kier molecular flexibility index (Phi) is 6.29. The monoisotopic (exact) mass is 466 g/mol. The van der Waals surface area contributed by atoms with Crippen molar-refractivity contribution >= 4 is 41.3 Å². The molecule has 0 bridgehead atoms. The van der Waals surface area contributed by atoms with Crippen LogP contribution in [0.2, 0.25) is 5.02 Å². The Morgan fingerprint density at radius 3 is 2.78 bits per heavy atom. The van der Waals surface area contributed by atoms with Gasteiger partial charge < -0.3 is 10.6 Å². The molecule has 2 amide bonds. The van der Waals surface area contributed by atoms with Gasteiger partial charge in [0, 0.05) is 22.2 Å². The summed E-state index contributed by atoms with van der Waals surface area (Å²) in [6.45, 7) is 0. The minimum Gasteiger partial charge on any atom is -0.349 e. The normalized spacial score (nSPS) is 28.4. The fourth-order valence-corrected chi connectivity index (χ4v) is 6.63. The van der Waals surface area contributed by atoms with Gasteiger partial charge in [0.15, 0.2) is 0 Å². The second-order valence-corrected chi connectivity index (χ2v) is 10.6. The third kappa shape index (κ3) is 4.46. The van der Waals surface area contributed by atoms with Crippen molar-refractivity contribution in [2.24, 2.45) is 5.92 Å². The zero-order valence-electron chi connectivity index (χ0n) is 17.9. The molecule has 4 atom stereocenters. The van der Waals surface area contributed by atoms with E-state index in [2.05, 4.69) is 34.9 Å². The van der Waals surface area contributed by atoms with Crippen molar-refractivity contribution in [1.82, 2.24) is 10.6 Å². The van der Waals surface area contributed by atoms with Gasteiger partial charge in [-0.15, -0.1) is 11.8 Å². The molecule has 0 aromatic heterocycles. The quantitative estimate of drug-likeness (QED) is 0.605. The molecule has 1 heterocycles. The fourth-order valence-electron chi connectivity index (χ4n) is 5.16. The highest BCUT2D eigenvalue weighted by Crippen LogP contribution is 2.40. The van der Waals surface area contributed by atoms with Gasteiger partial charge in [-0.3, -0.25) is 9.59 Å². The lowest BCUT2D eigenvalue weighted by atomic mass is 9.83. The molecule has 2 fully saturated rings. The van der Waals surface area contributed by atoms with Crippen LogP contribution in [-0.4, -0.2) is 23.1 Å². The van der Waals surface area contributed by atoms with Crippen LogP contribution in [0.1, 0.15) is 54.8 Å². The zero-order chi connectivity index (χ0) is 22.1. The Balaban J connectivity index is 1.23. The first-order valence-electron chi connectivity index (χ1n) is 11.4. The van der Waals surface area contributed by atoms with Gasteiger partial charge in [0.2, 0.25) is 5.91 Å². The number of fused-ring (bicyclic) bond motifs is 2. The molecule has 6 heteroatoms. The number of carbonyl (C=O) groups is 2. The van der Waals surface area contributed by atoms with Gasteiger partial charge in [0.05, 0.1) is 10.9 Å².